The van der Waals surface area contributed by atoms with Gasteiger partial charge >= 0.3 is 0 Å². The summed E-state index contributed by atoms with van der Waals surface area (Å²) in [6, 6.07) is 4.14. The van der Waals surface area contributed by atoms with Crippen LogP contribution in [0.5, 0.6) is 0 Å². The van der Waals surface area contributed by atoms with Gasteiger partial charge in [0.15, 0.2) is 0 Å². The van der Waals surface area contributed by atoms with Gasteiger partial charge in [-0.3, -0.25) is 4.68 Å². The molecule has 0 radical (unpaired) electrons. The van der Waals surface area contributed by atoms with Gasteiger partial charge in [0.25, 0.3) is 0 Å². The van der Waals surface area contributed by atoms with E-state index in [-0.39, 0.29) is 0 Å². The van der Waals surface area contributed by atoms with E-state index in [4.69, 9.17) is 0 Å². The van der Waals surface area contributed by atoms with Gasteiger partial charge in [-0.25, -0.2) is 4.98 Å². The van der Waals surface area contributed by atoms with Crippen molar-refractivity contribution in [2.45, 2.75) is 13.5 Å². The molecule has 4 heteroatoms. The average Bonchev–Trinajstić information content (AvgIpc) is 2.96. The predicted molar refractivity (Wildman–Crippen MR) is 67.6 cm³/mol. The van der Waals surface area contributed by atoms with Crippen molar-refractivity contribution in [1.29, 1.82) is 0 Å². The standard InChI is InChI=1S/C13H14N4/c1-3-17-9-10(8-15-17)11-4-6-14-13-12(11)5-7-16(13)2/h4-9H,3H2,1-2H3. The topological polar surface area (TPSA) is 35.6 Å². The fraction of sp³-hybridized carbons (Fsp3) is 0.231. The van der Waals surface area contributed by atoms with E-state index in [1.807, 2.05) is 41.0 Å². The van der Waals surface area contributed by atoms with E-state index in [9.17, 15) is 0 Å². The summed E-state index contributed by atoms with van der Waals surface area (Å²) >= 11 is 0. The highest BCUT2D eigenvalue weighted by Gasteiger charge is 2.08. The third-order valence-electron chi connectivity index (χ3n) is 3.04. The van der Waals surface area contributed by atoms with Gasteiger partial charge in [0.2, 0.25) is 0 Å². The molecule has 0 aliphatic rings. The molecule has 0 N–H and O–H groups in total. The van der Waals surface area contributed by atoms with Crippen LogP contribution in [0.3, 0.4) is 0 Å². The highest BCUT2D eigenvalue weighted by atomic mass is 15.3. The Kier molecular flexibility index (Phi) is 2.21. The van der Waals surface area contributed by atoms with Crippen molar-refractivity contribution in [3.8, 4) is 11.1 Å². The van der Waals surface area contributed by atoms with Gasteiger partial charge in [-0.05, 0) is 24.6 Å². The molecule has 0 aromatic carbocycles. The molecule has 86 valence electrons. The Bertz CT molecular complexity index is 663. The SMILES string of the molecule is CCn1cc(-c2ccnc3c2ccn3C)cn1. The summed E-state index contributed by atoms with van der Waals surface area (Å²) in [5, 5.41) is 5.49. The number of nitrogens with zero attached hydrogens (tertiary/aromatic N) is 4. The maximum absolute atomic E-state index is 4.39. The summed E-state index contributed by atoms with van der Waals surface area (Å²) in [6.07, 6.45) is 7.86. The molecule has 0 bridgehead atoms. The van der Waals surface area contributed by atoms with E-state index in [1.54, 1.807) is 0 Å². The number of aromatic nitrogens is 4. The molecule has 17 heavy (non-hydrogen) atoms. The zero-order valence-electron chi connectivity index (χ0n) is 9.96. The Hall–Kier alpha value is -2.10. The predicted octanol–water partition coefficient (Wildman–Crippen LogP) is 2.46. The molecule has 0 atom stereocenters. The van der Waals surface area contributed by atoms with Gasteiger partial charge in [-0.15, -0.1) is 0 Å². The van der Waals surface area contributed by atoms with Gasteiger partial charge in [0.1, 0.15) is 5.65 Å². The lowest BCUT2D eigenvalue weighted by Gasteiger charge is -2.00. The summed E-state index contributed by atoms with van der Waals surface area (Å²) in [5.74, 6) is 0. The van der Waals surface area contributed by atoms with E-state index in [0.29, 0.717) is 0 Å². The van der Waals surface area contributed by atoms with Crippen LogP contribution in [0.25, 0.3) is 22.2 Å². The first-order chi connectivity index (χ1) is 8.29. The molecule has 0 aliphatic carbocycles. The van der Waals surface area contributed by atoms with Crippen molar-refractivity contribution in [1.82, 2.24) is 19.3 Å². The van der Waals surface area contributed by atoms with Gasteiger partial charge in [0, 0.05) is 43.1 Å². The first kappa shape index (κ1) is 10.1. The van der Waals surface area contributed by atoms with E-state index in [2.05, 4.69) is 29.3 Å². The number of fused-ring (bicyclic) bond motifs is 1. The Morgan fingerprint density at radius 1 is 1.29 bits per heavy atom. The van der Waals surface area contributed by atoms with Gasteiger partial charge in [0.05, 0.1) is 6.20 Å². The molecule has 0 spiro atoms. The van der Waals surface area contributed by atoms with Gasteiger partial charge < -0.3 is 4.57 Å². The average molecular weight is 226 g/mol. The second kappa shape index (κ2) is 3.73. The van der Waals surface area contributed by atoms with Gasteiger partial charge in [-0.2, -0.15) is 5.10 Å². The lowest BCUT2D eigenvalue weighted by atomic mass is 10.1. The fourth-order valence-electron chi connectivity index (χ4n) is 2.09. The number of rotatable bonds is 2. The van der Waals surface area contributed by atoms with Crippen molar-refractivity contribution >= 4 is 11.0 Å². The monoisotopic (exact) mass is 226 g/mol. The van der Waals surface area contributed by atoms with E-state index in [1.165, 1.54) is 10.9 Å². The van der Waals surface area contributed by atoms with E-state index < -0.39 is 0 Å². The fourth-order valence-corrected chi connectivity index (χ4v) is 2.09. The van der Waals surface area contributed by atoms with Crippen LogP contribution in [0.1, 0.15) is 6.92 Å². The second-order valence-electron chi connectivity index (χ2n) is 4.11. The Balaban J connectivity index is 2.23. The Morgan fingerprint density at radius 3 is 2.94 bits per heavy atom. The number of pyridine rings is 1. The molecule has 0 fully saturated rings. The minimum atomic E-state index is 0.892. The third-order valence-corrected chi connectivity index (χ3v) is 3.04. The van der Waals surface area contributed by atoms with Gasteiger partial charge in [-0.1, -0.05) is 0 Å². The lowest BCUT2D eigenvalue weighted by molar-refractivity contribution is 0.660. The molecule has 0 saturated heterocycles. The second-order valence-corrected chi connectivity index (χ2v) is 4.11. The molecular weight excluding hydrogens is 212 g/mol. The summed E-state index contributed by atoms with van der Waals surface area (Å²) in [4.78, 5) is 4.39. The molecule has 0 unspecified atom stereocenters. The Morgan fingerprint density at radius 2 is 2.18 bits per heavy atom. The summed E-state index contributed by atoms with van der Waals surface area (Å²) in [6.45, 7) is 2.98. The van der Waals surface area contributed by atoms with Crippen LogP contribution < -0.4 is 0 Å². The van der Waals surface area contributed by atoms with Crippen molar-refractivity contribution in [2.75, 3.05) is 0 Å². The summed E-state index contributed by atoms with van der Waals surface area (Å²) < 4.78 is 3.97. The smallest absolute Gasteiger partial charge is 0.140 e. The minimum Gasteiger partial charge on any atom is -0.336 e. The molecule has 3 aromatic heterocycles. The minimum absolute atomic E-state index is 0.892. The molecule has 4 nitrogen and oxygen atoms in total. The van der Waals surface area contributed by atoms with Crippen molar-refractivity contribution in [2.24, 2.45) is 7.05 Å². The quantitative estimate of drug-likeness (QED) is 0.673. The molecule has 0 saturated carbocycles. The molecule has 3 rings (SSSR count). The summed E-state index contributed by atoms with van der Waals surface area (Å²) in [7, 11) is 2.01. The van der Waals surface area contributed by atoms with Crippen LogP contribution in [0.4, 0.5) is 0 Å². The highest BCUT2D eigenvalue weighted by Crippen LogP contribution is 2.27. The van der Waals surface area contributed by atoms with Crippen LogP contribution in [0.2, 0.25) is 0 Å². The Labute approximate surface area is 99.5 Å². The number of aryl methyl sites for hydroxylation is 2. The van der Waals surface area contributed by atoms with E-state index >= 15 is 0 Å². The zero-order valence-corrected chi connectivity index (χ0v) is 9.96. The van der Waals surface area contributed by atoms with Crippen LogP contribution in [0.15, 0.2) is 36.9 Å². The van der Waals surface area contributed by atoms with Crippen molar-refractivity contribution in [3.63, 3.8) is 0 Å². The molecular formula is C13H14N4. The zero-order chi connectivity index (χ0) is 11.8. The lowest BCUT2D eigenvalue weighted by Crippen LogP contribution is -1.92. The highest BCUT2D eigenvalue weighted by molar-refractivity contribution is 5.92. The van der Waals surface area contributed by atoms with Crippen molar-refractivity contribution < 1.29 is 0 Å². The third kappa shape index (κ3) is 1.53. The van der Waals surface area contributed by atoms with Crippen LogP contribution in [0, 0.1) is 0 Å². The van der Waals surface area contributed by atoms with E-state index in [0.717, 1.165) is 17.8 Å². The first-order valence-electron chi connectivity index (χ1n) is 5.72. The van der Waals surface area contributed by atoms with Crippen LogP contribution in [-0.4, -0.2) is 19.3 Å². The number of hydrogen-bond donors (Lipinski definition) is 0. The van der Waals surface area contributed by atoms with Crippen LogP contribution in [-0.2, 0) is 13.6 Å². The van der Waals surface area contributed by atoms with Crippen LogP contribution >= 0.6 is 0 Å². The number of hydrogen-bond acceptors (Lipinski definition) is 2. The molecule has 3 aromatic rings. The molecule has 0 aliphatic heterocycles. The molecule has 3 heterocycles. The summed E-state index contributed by atoms with van der Waals surface area (Å²) in [5.41, 5.74) is 3.34. The normalized spacial score (nSPS) is 11.2. The first-order valence-corrected chi connectivity index (χ1v) is 5.72. The maximum atomic E-state index is 4.39. The van der Waals surface area contributed by atoms with Crippen molar-refractivity contribution in [3.05, 3.63) is 36.9 Å². The largest absolute Gasteiger partial charge is 0.336 e. The maximum Gasteiger partial charge on any atom is 0.140 e. The molecule has 0 amide bonds.